The van der Waals surface area contributed by atoms with Gasteiger partial charge in [-0.1, -0.05) is 23.8 Å². The first-order chi connectivity index (χ1) is 11.1. The molecule has 0 spiro atoms. The van der Waals surface area contributed by atoms with Gasteiger partial charge in [-0.3, -0.25) is 4.99 Å². The molecule has 0 radical (unpaired) electrons. The lowest BCUT2D eigenvalue weighted by Gasteiger charge is -2.13. The van der Waals surface area contributed by atoms with Crippen LogP contribution in [-0.2, 0) is 13.1 Å². The molecule has 0 aliphatic heterocycles. The number of hydrogen-bond donors (Lipinski definition) is 2. The van der Waals surface area contributed by atoms with Crippen molar-refractivity contribution in [3.8, 4) is 5.88 Å². The summed E-state index contributed by atoms with van der Waals surface area (Å²) in [6.45, 7) is 5.63. The Hall–Kier alpha value is -1.83. The molecule has 5 nitrogen and oxygen atoms in total. The highest BCUT2D eigenvalue weighted by Gasteiger charge is 2.02. The van der Waals surface area contributed by atoms with Gasteiger partial charge in [0, 0.05) is 32.4 Å². The molecule has 0 atom stereocenters. The standard InChI is InChI=1S/C18H24N4O.HI/c1-13-5-6-16(14(2)9-13)12-22-18(19-3)21-11-15-7-8-20-17(10-15)23-4;/h5-10H,11-12H2,1-4H3,(H2,19,21,22);1H. The maximum absolute atomic E-state index is 5.13. The Morgan fingerprint density at radius 2 is 1.88 bits per heavy atom. The Bertz CT molecular complexity index is 688. The molecular formula is C18H25IN4O. The number of halogens is 1. The first kappa shape index (κ1) is 20.2. The Morgan fingerprint density at radius 3 is 2.54 bits per heavy atom. The Labute approximate surface area is 161 Å². The monoisotopic (exact) mass is 440 g/mol. The van der Waals surface area contributed by atoms with Gasteiger partial charge in [-0.15, -0.1) is 24.0 Å². The lowest BCUT2D eigenvalue weighted by Crippen LogP contribution is -2.36. The molecule has 6 heteroatoms. The number of aliphatic imine (C=N–C) groups is 1. The summed E-state index contributed by atoms with van der Waals surface area (Å²) in [5, 5.41) is 6.63. The van der Waals surface area contributed by atoms with Crippen LogP contribution in [0.1, 0.15) is 22.3 Å². The van der Waals surface area contributed by atoms with Crippen LogP contribution in [0.4, 0.5) is 0 Å². The van der Waals surface area contributed by atoms with Gasteiger partial charge >= 0.3 is 0 Å². The van der Waals surface area contributed by atoms with E-state index in [1.165, 1.54) is 16.7 Å². The lowest BCUT2D eigenvalue weighted by molar-refractivity contribution is 0.397. The third kappa shape index (κ3) is 5.99. The van der Waals surface area contributed by atoms with Crippen molar-refractivity contribution >= 4 is 29.9 Å². The molecule has 0 saturated carbocycles. The van der Waals surface area contributed by atoms with Crippen molar-refractivity contribution in [2.45, 2.75) is 26.9 Å². The minimum atomic E-state index is 0. The molecule has 2 N–H and O–H groups in total. The summed E-state index contributed by atoms with van der Waals surface area (Å²) in [6.07, 6.45) is 1.74. The van der Waals surface area contributed by atoms with E-state index in [4.69, 9.17) is 4.74 Å². The zero-order valence-electron chi connectivity index (χ0n) is 14.6. The Balaban J connectivity index is 0.00000288. The van der Waals surface area contributed by atoms with Crippen LogP contribution in [0, 0.1) is 13.8 Å². The number of methoxy groups -OCH3 is 1. The first-order valence-electron chi connectivity index (χ1n) is 7.62. The zero-order chi connectivity index (χ0) is 16.7. The fourth-order valence-electron chi connectivity index (χ4n) is 2.30. The van der Waals surface area contributed by atoms with E-state index < -0.39 is 0 Å². The van der Waals surface area contributed by atoms with Gasteiger partial charge in [0.2, 0.25) is 5.88 Å². The molecular weight excluding hydrogens is 415 g/mol. The van der Waals surface area contributed by atoms with Crippen LogP contribution in [0.15, 0.2) is 41.5 Å². The highest BCUT2D eigenvalue weighted by Crippen LogP contribution is 2.10. The van der Waals surface area contributed by atoms with E-state index in [-0.39, 0.29) is 24.0 Å². The molecule has 0 fully saturated rings. The molecule has 0 aliphatic carbocycles. The van der Waals surface area contributed by atoms with Crippen LogP contribution in [0.5, 0.6) is 5.88 Å². The van der Waals surface area contributed by atoms with E-state index in [0.717, 1.165) is 18.1 Å². The second kappa shape index (κ2) is 10.1. The largest absolute Gasteiger partial charge is 0.481 e. The number of aryl methyl sites for hydroxylation is 2. The molecule has 0 saturated heterocycles. The number of nitrogens with one attached hydrogen (secondary N) is 2. The van der Waals surface area contributed by atoms with E-state index in [1.54, 1.807) is 20.4 Å². The van der Waals surface area contributed by atoms with Gasteiger partial charge in [0.25, 0.3) is 0 Å². The maximum atomic E-state index is 5.13. The predicted octanol–water partition coefficient (Wildman–Crippen LogP) is 3.19. The van der Waals surface area contributed by atoms with Crippen molar-refractivity contribution < 1.29 is 4.74 Å². The van der Waals surface area contributed by atoms with Crippen molar-refractivity contribution in [1.29, 1.82) is 0 Å². The second-order valence-corrected chi connectivity index (χ2v) is 5.42. The SMILES string of the molecule is CN=C(NCc1ccnc(OC)c1)NCc1ccc(C)cc1C.I. The normalized spacial score (nSPS) is 10.8. The summed E-state index contributed by atoms with van der Waals surface area (Å²) in [7, 11) is 3.38. The highest BCUT2D eigenvalue weighted by molar-refractivity contribution is 14.0. The van der Waals surface area contributed by atoms with Crippen molar-refractivity contribution in [2.24, 2.45) is 4.99 Å². The summed E-state index contributed by atoms with van der Waals surface area (Å²) in [4.78, 5) is 8.36. The lowest BCUT2D eigenvalue weighted by atomic mass is 10.1. The number of benzene rings is 1. The van der Waals surface area contributed by atoms with Crippen LogP contribution in [0.25, 0.3) is 0 Å². The molecule has 1 heterocycles. The molecule has 0 bridgehead atoms. The fraction of sp³-hybridized carbons (Fsp3) is 0.333. The fourth-order valence-corrected chi connectivity index (χ4v) is 2.30. The van der Waals surface area contributed by atoms with Crippen LogP contribution in [0.3, 0.4) is 0 Å². The number of pyridine rings is 1. The summed E-state index contributed by atoms with van der Waals surface area (Å²) in [5.41, 5.74) is 4.92. The molecule has 0 aliphatic rings. The summed E-state index contributed by atoms with van der Waals surface area (Å²) in [5.74, 6) is 1.38. The predicted molar refractivity (Wildman–Crippen MR) is 109 cm³/mol. The minimum Gasteiger partial charge on any atom is -0.481 e. The number of guanidine groups is 1. The van der Waals surface area contributed by atoms with Crippen molar-refractivity contribution in [3.63, 3.8) is 0 Å². The van der Waals surface area contributed by atoms with Crippen LogP contribution in [-0.4, -0.2) is 25.1 Å². The molecule has 24 heavy (non-hydrogen) atoms. The minimum absolute atomic E-state index is 0. The molecule has 0 amide bonds. The van der Waals surface area contributed by atoms with Gasteiger partial charge in [0.1, 0.15) is 0 Å². The van der Waals surface area contributed by atoms with Gasteiger partial charge in [0.05, 0.1) is 7.11 Å². The van der Waals surface area contributed by atoms with E-state index in [9.17, 15) is 0 Å². The molecule has 1 aromatic heterocycles. The third-order valence-corrected chi connectivity index (χ3v) is 3.64. The number of nitrogens with zero attached hydrogens (tertiary/aromatic N) is 2. The average Bonchev–Trinajstić information content (AvgIpc) is 2.56. The van der Waals surface area contributed by atoms with E-state index >= 15 is 0 Å². The van der Waals surface area contributed by atoms with Gasteiger partial charge in [-0.2, -0.15) is 0 Å². The number of ether oxygens (including phenoxy) is 1. The molecule has 2 aromatic rings. The molecule has 1 aromatic carbocycles. The first-order valence-corrected chi connectivity index (χ1v) is 7.62. The highest BCUT2D eigenvalue weighted by atomic mass is 127. The van der Waals surface area contributed by atoms with E-state index in [1.807, 2.05) is 12.1 Å². The number of aromatic nitrogens is 1. The van der Waals surface area contributed by atoms with Crippen LogP contribution >= 0.6 is 24.0 Å². The Morgan fingerprint density at radius 1 is 1.12 bits per heavy atom. The van der Waals surface area contributed by atoms with Crippen molar-refractivity contribution in [2.75, 3.05) is 14.2 Å². The Kier molecular flexibility index (Phi) is 8.53. The van der Waals surface area contributed by atoms with Gasteiger partial charge in [0.15, 0.2) is 5.96 Å². The zero-order valence-corrected chi connectivity index (χ0v) is 16.9. The molecule has 0 unspecified atom stereocenters. The van der Waals surface area contributed by atoms with Gasteiger partial charge in [-0.05, 0) is 36.6 Å². The third-order valence-electron chi connectivity index (χ3n) is 3.64. The van der Waals surface area contributed by atoms with E-state index in [2.05, 4.69) is 52.7 Å². The van der Waals surface area contributed by atoms with Crippen LogP contribution < -0.4 is 15.4 Å². The number of rotatable bonds is 5. The molecule has 130 valence electrons. The summed E-state index contributed by atoms with van der Waals surface area (Å²) >= 11 is 0. The van der Waals surface area contributed by atoms with Crippen molar-refractivity contribution in [1.82, 2.24) is 15.6 Å². The quantitative estimate of drug-likeness (QED) is 0.426. The van der Waals surface area contributed by atoms with Gasteiger partial charge < -0.3 is 15.4 Å². The van der Waals surface area contributed by atoms with E-state index in [0.29, 0.717) is 12.4 Å². The van der Waals surface area contributed by atoms with Crippen molar-refractivity contribution in [3.05, 3.63) is 58.8 Å². The molecule has 2 rings (SSSR count). The summed E-state index contributed by atoms with van der Waals surface area (Å²) in [6, 6.07) is 10.3. The van der Waals surface area contributed by atoms with Gasteiger partial charge in [-0.25, -0.2) is 4.98 Å². The van der Waals surface area contributed by atoms with Crippen LogP contribution in [0.2, 0.25) is 0 Å². The smallest absolute Gasteiger partial charge is 0.213 e. The average molecular weight is 440 g/mol. The second-order valence-electron chi connectivity index (χ2n) is 5.42. The number of hydrogen-bond acceptors (Lipinski definition) is 3. The summed E-state index contributed by atoms with van der Waals surface area (Å²) < 4.78 is 5.13. The topological polar surface area (TPSA) is 58.5 Å². The maximum Gasteiger partial charge on any atom is 0.213 e.